The molecule has 0 saturated carbocycles. The van der Waals surface area contributed by atoms with Crippen LogP contribution in [-0.2, 0) is 0 Å². The van der Waals surface area contributed by atoms with Crippen LogP contribution in [0.15, 0.2) is 29.2 Å². The quantitative estimate of drug-likeness (QED) is 0.845. The van der Waals surface area contributed by atoms with Gasteiger partial charge in [0.2, 0.25) is 0 Å². The summed E-state index contributed by atoms with van der Waals surface area (Å²) in [5.41, 5.74) is -3.86. The number of alkyl halides is 3. The van der Waals surface area contributed by atoms with E-state index in [0.29, 0.717) is 30.7 Å². The first-order valence-corrected chi connectivity index (χ1v) is 8.13. The zero-order valence-electron chi connectivity index (χ0n) is 11.9. The fourth-order valence-electron chi connectivity index (χ4n) is 3.11. The van der Waals surface area contributed by atoms with Crippen LogP contribution in [-0.4, -0.2) is 41.5 Å². The molecule has 2 aliphatic heterocycles. The molecule has 1 amide bonds. The molecule has 1 aromatic rings. The second-order valence-corrected chi connectivity index (χ2v) is 6.89. The van der Waals surface area contributed by atoms with E-state index < -0.39 is 5.51 Å². The summed E-state index contributed by atoms with van der Waals surface area (Å²) in [7, 11) is 0. The van der Waals surface area contributed by atoms with Crippen LogP contribution in [0.4, 0.5) is 13.2 Å². The minimum atomic E-state index is -4.30. The fourth-order valence-corrected chi connectivity index (χ4v) is 3.65. The molecule has 3 rings (SSSR count). The summed E-state index contributed by atoms with van der Waals surface area (Å²) >= 11 is -0.165. The predicted octanol–water partition coefficient (Wildman–Crippen LogP) is 3.27. The summed E-state index contributed by atoms with van der Waals surface area (Å²) in [4.78, 5) is 14.4. The third kappa shape index (κ3) is 3.76. The molecule has 1 N–H and O–H groups in total. The van der Waals surface area contributed by atoms with Crippen LogP contribution < -0.4 is 5.32 Å². The van der Waals surface area contributed by atoms with Gasteiger partial charge in [0.25, 0.3) is 5.91 Å². The Labute approximate surface area is 131 Å². The van der Waals surface area contributed by atoms with Crippen LogP contribution >= 0.6 is 11.8 Å². The van der Waals surface area contributed by atoms with Crippen LogP contribution in [0, 0.1) is 0 Å². The molecule has 3 nitrogen and oxygen atoms in total. The number of thioether (sulfide) groups is 1. The molecule has 1 aromatic carbocycles. The molecule has 0 radical (unpaired) electrons. The number of fused-ring (bicyclic) bond motifs is 2. The Balaban J connectivity index is 1.67. The molecule has 2 atom stereocenters. The lowest BCUT2D eigenvalue weighted by Gasteiger charge is -2.24. The minimum Gasteiger partial charge on any atom is -0.337 e. The van der Waals surface area contributed by atoms with Crippen molar-refractivity contribution in [3.63, 3.8) is 0 Å². The van der Waals surface area contributed by atoms with Gasteiger partial charge in [-0.15, -0.1) is 0 Å². The molecular formula is C15H17F3N2OS. The molecule has 2 heterocycles. The zero-order valence-corrected chi connectivity index (χ0v) is 12.7. The van der Waals surface area contributed by atoms with E-state index in [9.17, 15) is 18.0 Å². The van der Waals surface area contributed by atoms with E-state index in [2.05, 4.69) is 5.32 Å². The normalized spacial score (nSPS) is 25.1. The Hall–Kier alpha value is -1.21. The van der Waals surface area contributed by atoms with Crippen molar-refractivity contribution < 1.29 is 18.0 Å². The van der Waals surface area contributed by atoms with Crippen molar-refractivity contribution in [1.82, 2.24) is 10.2 Å². The van der Waals surface area contributed by atoms with Crippen LogP contribution in [0.5, 0.6) is 0 Å². The van der Waals surface area contributed by atoms with Gasteiger partial charge in [-0.05, 0) is 55.3 Å². The minimum absolute atomic E-state index is 0.0978. The van der Waals surface area contributed by atoms with Crippen molar-refractivity contribution in [1.29, 1.82) is 0 Å². The Morgan fingerprint density at radius 1 is 1.14 bits per heavy atom. The summed E-state index contributed by atoms with van der Waals surface area (Å²) in [5.74, 6) is -0.0992. The third-order valence-electron chi connectivity index (χ3n) is 4.15. The van der Waals surface area contributed by atoms with Crippen molar-refractivity contribution in [3.8, 4) is 0 Å². The summed E-state index contributed by atoms with van der Waals surface area (Å²) in [6.07, 6.45) is 3.18. The number of nitrogens with one attached hydrogen (secondary N) is 1. The highest BCUT2D eigenvalue weighted by Gasteiger charge is 2.32. The van der Waals surface area contributed by atoms with Crippen molar-refractivity contribution in [2.24, 2.45) is 0 Å². The van der Waals surface area contributed by atoms with E-state index in [1.165, 1.54) is 24.3 Å². The molecular weight excluding hydrogens is 313 g/mol. The average Bonchev–Trinajstić information content (AvgIpc) is 2.77. The maximum Gasteiger partial charge on any atom is 0.446 e. The van der Waals surface area contributed by atoms with Gasteiger partial charge >= 0.3 is 5.51 Å². The van der Waals surface area contributed by atoms with Crippen molar-refractivity contribution in [2.45, 2.75) is 41.7 Å². The van der Waals surface area contributed by atoms with E-state index in [4.69, 9.17) is 0 Å². The first kappa shape index (κ1) is 15.7. The number of hydrogen-bond acceptors (Lipinski definition) is 3. The molecule has 0 aliphatic carbocycles. The Morgan fingerprint density at radius 2 is 1.82 bits per heavy atom. The lowest BCUT2D eigenvalue weighted by Crippen LogP contribution is -2.39. The number of amides is 1. The molecule has 7 heteroatoms. The van der Waals surface area contributed by atoms with Gasteiger partial charge in [0.05, 0.1) is 0 Å². The number of benzene rings is 1. The molecule has 2 aliphatic rings. The molecule has 2 bridgehead atoms. The highest BCUT2D eigenvalue weighted by molar-refractivity contribution is 8.00. The SMILES string of the molecule is O=C(c1ccc(SC(F)(F)F)cc1)N1CCC2CCC(C1)N2. The number of halogens is 3. The summed E-state index contributed by atoms with van der Waals surface area (Å²) in [5, 5.41) is 3.50. The molecule has 2 unspecified atom stereocenters. The molecule has 120 valence electrons. The average molecular weight is 330 g/mol. The monoisotopic (exact) mass is 330 g/mol. The molecule has 0 aromatic heterocycles. The molecule has 22 heavy (non-hydrogen) atoms. The smallest absolute Gasteiger partial charge is 0.337 e. The number of carbonyl (C=O) groups is 1. The van der Waals surface area contributed by atoms with Gasteiger partial charge < -0.3 is 10.2 Å². The van der Waals surface area contributed by atoms with Gasteiger partial charge in [-0.3, -0.25) is 4.79 Å². The van der Waals surface area contributed by atoms with Gasteiger partial charge in [0, 0.05) is 35.6 Å². The largest absolute Gasteiger partial charge is 0.446 e. The summed E-state index contributed by atoms with van der Waals surface area (Å²) in [6.45, 7) is 1.38. The van der Waals surface area contributed by atoms with Gasteiger partial charge in [-0.25, -0.2) is 0 Å². The van der Waals surface area contributed by atoms with Crippen molar-refractivity contribution in [2.75, 3.05) is 13.1 Å². The van der Waals surface area contributed by atoms with E-state index in [1.807, 2.05) is 4.90 Å². The Kier molecular flexibility index (Phi) is 4.36. The Bertz CT molecular complexity index is 547. The second kappa shape index (κ2) is 6.12. The highest BCUT2D eigenvalue weighted by atomic mass is 32.2. The van der Waals surface area contributed by atoms with E-state index in [1.54, 1.807) is 0 Å². The van der Waals surface area contributed by atoms with E-state index in [0.717, 1.165) is 19.3 Å². The highest BCUT2D eigenvalue weighted by Crippen LogP contribution is 2.36. The van der Waals surface area contributed by atoms with Gasteiger partial charge in [0.1, 0.15) is 0 Å². The maximum absolute atomic E-state index is 12.5. The predicted molar refractivity (Wildman–Crippen MR) is 78.8 cm³/mol. The zero-order chi connectivity index (χ0) is 15.7. The summed E-state index contributed by atoms with van der Waals surface area (Å²) in [6, 6.07) is 6.51. The topological polar surface area (TPSA) is 32.3 Å². The first-order chi connectivity index (χ1) is 10.4. The third-order valence-corrected chi connectivity index (χ3v) is 4.88. The van der Waals surface area contributed by atoms with Crippen LogP contribution in [0.2, 0.25) is 0 Å². The van der Waals surface area contributed by atoms with E-state index in [-0.39, 0.29) is 22.6 Å². The molecule has 2 fully saturated rings. The summed E-state index contributed by atoms with van der Waals surface area (Å²) < 4.78 is 36.9. The fraction of sp³-hybridized carbons (Fsp3) is 0.533. The van der Waals surface area contributed by atoms with Gasteiger partial charge in [0.15, 0.2) is 0 Å². The first-order valence-electron chi connectivity index (χ1n) is 7.32. The van der Waals surface area contributed by atoms with E-state index >= 15 is 0 Å². The molecule has 2 saturated heterocycles. The standard InChI is InChI=1S/C15H17F3N2OS/c16-15(17,18)22-13-5-1-10(2-6-13)14(21)20-8-7-11-3-4-12(9-20)19-11/h1-2,5-6,11-12,19H,3-4,7-9H2. The van der Waals surface area contributed by atoms with Crippen LogP contribution in [0.3, 0.4) is 0 Å². The number of likely N-dealkylation sites (tertiary alicyclic amines) is 1. The number of carbonyl (C=O) groups excluding carboxylic acids is 1. The second-order valence-electron chi connectivity index (χ2n) is 5.75. The number of nitrogens with zero attached hydrogens (tertiary/aromatic N) is 1. The lowest BCUT2D eigenvalue weighted by molar-refractivity contribution is -0.0328. The van der Waals surface area contributed by atoms with Gasteiger partial charge in [-0.1, -0.05) is 0 Å². The Morgan fingerprint density at radius 3 is 2.50 bits per heavy atom. The number of rotatable bonds is 2. The van der Waals surface area contributed by atoms with Crippen LogP contribution in [0.25, 0.3) is 0 Å². The van der Waals surface area contributed by atoms with Crippen molar-refractivity contribution >= 4 is 17.7 Å². The lowest BCUT2D eigenvalue weighted by atomic mass is 10.1. The van der Waals surface area contributed by atoms with Crippen molar-refractivity contribution in [3.05, 3.63) is 29.8 Å². The molecule has 0 spiro atoms. The number of hydrogen-bond donors (Lipinski definition) is 1. The maximum atomic E-state index is 12.5. The van der Waals surface area contributed by atoms with Gasteiger partial charge in [-0.2, -0.15) is 13.2 Å². The van der Waals surface area contributed by atoms with Crippen LogP contribution in [0.1, 0.15) is 29.6 Å².